The summed E-state index contributed by atoms with van der Waals surface area (Å²) in [6.45, 7) is 1.76. The fourth-order valence-corrected chi connectivity index (χ4v) is 7.02. The minimum Gasteiger partial charge on any atom is -0.497 e. The summed E-state index contributed by atoms with van der Waals surface area (Å²) in [5.41, 5.74) is 0.492. The van der Waals surface area contributed by atoms with E-state index in [4.69, 9.17) is 9.47 Å². The largest absolute Gasteiger partial charge is 0.497 e. The standard InChI is InChI=1S/C27H36N4O4/c1-16(29-26(33)27-13-17-7-18(14-27)9-19(8-17)15-27)25(32)30-23(24-28-5-6-31(24)2)20-10-21(34-3)12-22(11-20)35-4/h5-6,10-12,16-19,23H,7-9,13-15H2,1-4H3,(H,29,33)(H,30,32)/t16-,17?,18?,19?,23+,27?/m0/s1. The zero-order chi connectivity index (χ0) is 24.7. The number of benzene rings is 1. The lowest BCUT2D eigenvalue weighted by molar-refractivity contribution is -0.148. The van der Waals surface area contributed by atoms with Gasteiger partial charge in [-0.3, -0.25) is 9.59 Å². The van der Waals surface area contributed by atoms with Crippen LogP contribution in [0, 0.1) is 23.2 Å². The normalized spacial score (nSPS) is 28.3. The van der Waals surface area contributed by atoms with Gasteiger partial charge in [0, 0.05) is 30.9 Å². The summed E-state index contributed by atoms with van der Waals surface area (Å²) in [5.74, 6) is 3.74. The number of carbonyl (C=O) groups is 2. The molecule has 2 atom stereocenters. The highest BCUT2D eigenvalue weighted by atomic mass is 16.5. The van der Waals surface area contributed by atoms with Crippen molar-refractivity contribution in [2.24, 2.45) is 30.2 Å². The topological polar surface area (TPSA) is 94.5 Å². The van der Waals surface area contributed by atoms with Crippen molar-refractivity contribution < 1.29 is 19.1 Å². The van der Waals surface area contributed by atoms with Crippen LogP contribution in [0.5, 0.6) is 11.5 Å². The lowest BCUT2D eigenvalue weighted by atomic mass is 9.49. The number of hydrogen-bond acceptors (Lipinski definition) is 5. The third-order valence-corrected chi connectivity index (χ3v) is 8.37. The summed E-state index contributed by atoms with van der Waals surface area (Å²) in [7, 11) is 5.07. The number of amides is 2. The Hall–Kier alpha value is -3.03. The first kappa shape index (κ1) is 23.7. The van der Waals surface area contributed by atoms with Gasteiger partial charge in [-0.2, -0.15) is 0 Å². The number of nitrogens with zero attached hydrogens (tertiary/aromatic N) is 2. The van der Waals surface area contributed by atoms with Gasteiger partial charge in [-0.05, 0) is 80.9 Å². The van der Waals surface area contributed by atoms with Crippen LogP contribution >= 0.6 is 0 Å². The molecule has 0 unspecified atom stereocenters. The minimum atomic E-state index is -0.661. The van der Waals surface area contributed by atoms with Gasteiger partial charge >= 0.3 is 0 Å². The molecule has 0 saturated heterocycles. The van der Waals surface area contributed by atoms with Crippen LogP contribution in [0.1, 0.15) is 62.9 Å². The molecule has 2 aromatic rings. The molecule has 2 N–H and O–H groups in total. The summed E-state index contributed by atoms with van der Waals surface area (Å²) < 4.78 is 12.8. The van der Waals surface area contributed by atoms with Crippen LogP contribution in [-0.4, -0.2) is 41.6 Å². The predicted octanol–water partition coefficient (Wildman–Crippen LogP) is 3.36. The van der Waals surface area contributed by atoms with Gasteiger partial charge in [0.1, 0.15) is 29.4 Å². The number of hydrogen-bond donors (Lipinski definition) is 2. The maximum absolute atomic E-state index is 13.5. The second-order valence-electron chi connectivity index (χ2n) is 10.9. The van der Waals surface area contributed by atoms with Gasteiger partial charge < -0.3 is 24.7 Å². The lowest BCUT2D eigenvalue weighted by Gasteiger charge is -2.55. The van der Waals surface area contributed by atoms with E-state index in [2.05, 4.69) is 15.6 Å². The molecule has 188 valence electrons. The van der Waals surface area contributed by atoms with Crippen LogP contribution < -0.4 is 20.1 Å². The maximum atomic E-state index is 13.5. The van der Waals surface area contributed by atoms with Gasteiger partial charge in [-0.25, -0.2) is 4.98 Å². The molecule has 0 radical (unpaired) electrons. The quantitative estimate of drug-likeness (QED) is 0.604. The first-order valence-electron chi connectivity index (χ1n) is 12.6. The Morgan fingerprint density at radius 1 is 1.00 bits per heavy atom. The molecule has 35 heavy (non-hydrogen) atoms. The molecule has 8 heteroatoms. The third-order valence-electron chi connectivity index (χ3n) is 8.37. The van der Waals surface area contributed by atoms with Crippen LogP contribution in [0.15, 0.2) is 30.6 Å². The van der Waals surface area contributed by atoms with E-state index in [0.717, 1.165) is 24.8 Å². The second kappa shape index (κ2) is 9.21. The molecule has 4 fully saturated rings. The van der Waals surface area contributed by atoms with Gasteiger partial charge in [-0.1, -0.05) is 0 Å². The molecular formula is C27H36N4O4. The number of methoxy groups -OCH3 is 2. The van der Waals surface area contributed by atoms with E-state index < -0.39 is 12.1 Å². The summed E-state index contributed by atoms with van der Waals surface area (Å²) in [4.78, 5) is 31.3. The van der Waals surface area contributed by atoms with E-state index in [0.29, 0.717) is 35.1 Å². The average Bonchev–Trinajstić information content (AvgIpc) is 3.26. The van der Waals surface area contributed by atoms with Crippen molar-refractivity contribution in [2.45, 2.75) is 57.5 Å². The fourth-order valence-electron chi connectivity index (χ4n) is 7.02. The highest BCUT2D eigenvalue weighted by molar-refractivity contribution is 5.90. The van der Waals surface area contributed by atoms with Gasteiger partial charge in [0.15, 0.2) is 0 Å². The van der Waals surface area contributed by atoms with Crippen molar-refractivity contribution in [3.8, 4) is 11.5 Å². The van der Waals surface area contributed by atoms with Crippen molar-refractivity contribution in [3.05, 3.63) is 42.0 Å². The molecule has 8 nitrogen and oxygen atoms in total. The van der Waals surface area contributed by atoms with Crippen LogP contribution in [0.3, 0.4) is 0 Å². The van der Waals surface area contributed by atoms with E-state index in [1.165, 1.54) is 19.3 Å². The number of aromatic nitrogens is 2. The van der Waals surface area contributed by atoms with Crippen LogP contribution in [0.2, 0.25) is 0 Å². The first-order chi connectivity index (χ1) is 16.8. The summed E-state index contributed by atoms with van der Waals surface area (Å²) >= 11 is 0. The highest BCUT2D eigenvalue weighted by Crippen LogP contribution is 2.60. The molecule has 0 aliphatic heterocycles. The van der Waals surface area contributed by atoms with Gasteiger partial charge in [0.05, 0.1) is 14.2 Å². The molecule has 4 bridgehead atoms. The number of nitrogens with one attached hydrogen (secondary N) is 2. The van der Waals surface area contributed by atoms with Gasteiger partial charge in [-0.15, -0.1) is 0 Å². The van der Waals surface area contributed by atoms with Crippen LogP contribution in [0.4, 0.5) is 0 Å². The average molecular weight is 481 g/mol. The summed E-state index contributed by atoms with van der Waals surface area (Å²) in [6.07, 6.45) is 10.3. The Kier molecular flexibility index (Phi) is 6.23. The van der Waals surface area contributed by atoms with Gasteiger partial charge in [0.2, 0.25) is 11.8 Å². The second-order valence-corrected chi connectivity index (χ2v) is 10.9. The van der Waals surface area contributed by atoms with Crippen LogP contribution in [0.25, 0.3) is 0 Å². The SMILES string of the molecule is COc1cc(OC)cc([C@@H](NC(=O)[C@H](C)NC(=O)C23CC4CC(CC(C4)C2)C3)c2nccn2C)c1. The molecule has 6 rings (SSSR count). The monoisotopic (exact) mass is 480 g/mol. The fraction of sp³-hybridized carbons (Fsp3) is 0.593. The number of aryl methyl sites for hydroxylation is 1. The molecule has 1 heterocycles. The molecular weight excluding hydrogens is 444 g/mol. The highest BCUT2D eigenvalue weighted by Gasteiger charge is 2.54. The van der Waals surface area contributed by atoms with E-state index >= 15 is 0 Å². The molecule has 0 spiro atoms. The Bertz CT molecular complexity index is 1050. The zero-order valence-corrected chi connectivity index (χ0v) is 21.0. The molecule has 4 aliphatic carbocycles. The van der Waals surface area contributed by atoms with Crippen molar-refractivity contribution in [2.75, 3.05) is 14.2 Å². The zero-order valence-electron chi connectivity index (χ0n) is 21.0. The number of carbonyl (C=O) groups excluding carboxylic acids is 2. The van der Waals surface area contributed by atoms with Crippen molar-refractivity contribution in [3.63, 3.8) is 0 Å². The van der Waals surface area contributed by atoms with E-state index in [1.807, 2.05) is 29.9 Å². The predicted molar refractivity (Wildman–Crippen MR) is 131 cm³/mol. The Balaban J connectivity index is 1.34. The molecule has 2 amide bonds. The van der Waals surface area contributed by atoms with Crippen molar-refractivity contribution in [1.29, 1.82) is 0 Å². The van der Waals surface area contributed by atoms with Gasteiger partial charge in [0.25, 0.3) is 0 Å². The number of rotatable bonds is 8. The maximum Gasteiger partial charge on any atom is 0.243 e. The van der Waals surface area contributed by atoms with E-state index in [1.54, 1.807) is 33.4 Å². The number of imidazole rings is 1. The summed E-state index contributed by atoms with van der Waals surface area (Å²) in [5, 5.41) is 6.18. The molecule has 1 aromatic carbocycles. The van der Waals surface area contributed by atoms with Crippen LogP contribution in [-0.2, 0) is 16.6 Å². The molecule has 1 aromatic heterocycles. The van der Waals surface area contributed by atoms with Crippen molar-refractivity contribution >= 4 is 11.8 Å². The summed E-state index contributed by atoms with van der Waals surface area (Å²) in [6, 6.07) is 4.31. The Morgan fingerprint density at radius 2 is 1.57 bits per heavy atom. The van der Waals surface area contributed by atoms with Crippen molar-refractivity contribution in [1.82, 2.24) is 20.2 Å². The Morgan fingerprint density at radius 3 is 2.06 bits per heavy atom. The minimum absolute atomic E-state index is 0.0517. The lowest BCUT2D eigenvalue weighted by Crippen LogP contribution is -2.57. The van der Waals surface area contributed by atoms with E-state index in [9.17, 15) is 9.59 Å². The number of ether oxygens (including phenoxy) is 2. The first-order valence-corrected chi connectivity index (χ1v) is 12.6. The molecule has 4 saturated carbocycles. The smallest absolute Gasteiger partial charge is 0.243 e. The van der Waals surface area contributed by atoms with E-state index in [-0.39, 0.29) is 17.2 Å². The third kappa shape index (κ3) is 4.50. The Labute approximate surface area is 206 Å². The molecule has 4 aliphatic rings.